The van der Waals surface area contributed by atoms with E-state index in [4.69, 9.17) is 0 Å². The Labute approximate surface area is 139 Å². The van der Waals surface area contributed by atoms with Gasteiger partial charge in [0.2, 0.25) is 5.91 Å². The van der Waals surface area contributed by atoms with E-state index in [-0.39, 0.29) is 17.5 Å². The summed E-state index contributed by atoms with van der Waals surface area (Å²) in [7, 11) is 1.74. The summed E-state index contributed by atoms with van der Waals surface area (Å²) in [6, 6.07) is 12.5. The van der Waals surface area contributed by atoms with Crippen LogP contribution >= 0.6 is 0 Å². The summed E-state index contributed by atoms with van der Waals surface area (Å²) in [6.45, 7) is 3.37. The number of nitrogens with one attached hydrogen (secondary N) is 1. The Morgan fingerprint density at radius 1 is 1.08 bits per heavy atom. The Morgan fingerprint density at radius 2 is 1.71 bits per heavy atom. The quantitative estimate of drug-likeness (QED) is 0.845. The molecule has 6 heteroatoms. The average molecular weight is 336 g/mol. The molecular formula is C18H19F3N2O. The lowest BCUT2D eigenvalue weighted by molar-refractivity contribution is -0.137. The maximum absolute atomic E-state index is 13.0. The molecular weight excluding hydrogens is 317 g/mol. The second kappa shape index (κ2) is 6.95. The molecule has 0 aliphatic heterocycles. The molecule has 0 aliphatic carbocycles. The van der Waals surface area contributed by atoms with E-state index in [1.54, 1.807) is 25.8 Å². The van der Waals surface area contributed by atoms with E-state index in [1.807, 2.05) is 30.3 Å². The summed E-state index contributed by atoms with van der Waals surface area (Å²) in [5.41, 5.74) is 0.627. The fraction of sp³-hybridized carbons (Fsp3) is 0.278. The van der Waals surface area contributed by atoms with Crippen LogP contribution in [-0.2, 0) is 11.0 Å². The molecule has 0 saturated carbocycles. The lowest BCUT2D eigenvalue weighted by Crippen LogP contribution is -2.21. The molecule has 0 fully saturated rings. The number of carbonyl (C=O) groups excluding carboxylic acids is 1. The number of hydrogen-bond donors (Lipinski definition) is 1. The number of benzene rings is 2. The normalized spacial score (nSPS) is 11.5. The molecule has 3 nitrogen and oxygen atoms in total. The summed E-state index contributed by atoms with van der Waals surface area (Å²) in [6.07, 6.45) is -4.47. The van der Waals surface area contributed by atoms with Crippen LogP contribution < -0.4 is 10.2 Å². The van der Waals surface area contributed by atoms with Gasteiger partial charge < -0.3 is 10.2 Å². The third-order valence-corrected chi connectivity index (χ3v) is 3.61. The monoisotopic (exact) mass is 336 g/mol. The first-order chi connectivity index (χ1) is 11.2. The van der Waals surface area contributed by atoms with Crippen LogP contribution in [0.25, 0.3) is 0 Å². The van der Waals surface area contributed by atoms with Gasteiger partial charge in [-0.05, 0) is 30.3 Å². The van der Waals surface area contributed by atoms with E-state index in [2.05, 4.69) is 5.32 Å². The number of halogens is 3. The summed E-state index contributed by atoms with van der Waals surface area (Å²) >= 11 is 0. The summed E-state index contributed by atoms with van der Waals surface area (Å²) in [5, 5.41) is 2.59. The number of alkyl halides is 3. The Kier molecular flexibility index (Phi) is 5.17. The van der Waals surface area contributed by atoms with Crippen molar-refractivity contribution in [3.8, 4) is 0 Å². The first-order valence-corrected chi connectivity index (χ1v) is 7.51. The predicted molar refractivity (Wildman–Crippen MR) is 89.4 cm³/mol. The van der Waals surface area contributed by atoms with E-state index in [9.17, 15) is 18.0 Å². The highest BCUT2D eigenvalue weighted by molar-refractivity contribution is 5.96. The number of carbonyl (C=O) groups is 1. The highest BCUT2D eigenvalue weighted by Crippen LogP contribution is 2.37. The van der Waals surface area contributed by atoms with Crippen LogP contribution in [0.1, 0.15) is 19.4 Å². The third kappa shape index (κ3) is 4.07. The molecule has 1 amide bonds. The molecule has 1 N–H and O–H groups in total. The highest BCUT2D eigenvalue weighted by Gasteiger charge is 2.31. The number of amides is 1. The van der Waals surface area contributed by atoms with Gasteiger partial charge >= 0.3 is 6.18 Å². The Morgan fingerprint density at radius 3 is 2.25 bits per heavy atom. The minimum atomic E-state index is -4.47. The van der Waals surface area contributed by atoms with Gasteiger partial charge in [0.1, 0.15) is 0 Å². The van der Waals surface area contributed by atoms with Crippen LogP contribution in [0.2, 0.25) is 0 Å². The molecule has 0 radical (unpaired) electrons. The van der Waals surface area contributed by atoms with Crippen LogP contribution in [0, 0.1) is 5.92 Å². The van der Waals surface area contributed by atoms with Gasteiger partial charge in [0.15, 0.2) is 0 Å². The third-order valence-electron chi connectivity index (χ3n) is 3.61. The van der Waals surface area contributed by atoms with Gasteiger partial charge in [-0.2, -0.15) is 13.2 Å². The largest absolute Gasteiger partial charge is 0.416 e. The smallest absolute Gasteiger partial charge is 0.343 e. The van der Waals surface area contributed by atoms with Crippen molar-refractivity contribution in [1.82, 2.24) is 0 Å². The minimum Gasteiger partial charge on any atom is -0.343 e. The molecule has 2 rings (SSSR count). The van der Waals surface area contributed by atoms with E-state index in [0.717, 1.165) is 17.8 Å². The molecule has 0 aromatic heterocycles. The van der Waals surface area contributed by atoms with Crippen LogP contribution in [-0.4, -0.2) is 13.0 Å². The SMILES string of the molecule is CC(C)C(=O)Nc1cc(C(F)(F)F)ccc1N(C)c1ccccc1. The van der Waals surface area contributed by atoms with Gasteiger partial charge in [0, 0.05) is 18.7 Å². The fourth-order valence-corrected chi connectivity index (χ4v) is 2.17. The van der Waals surface area contributed by atoms with Gasteiger partial charge in [-0.3, -0.25) is 4.79 Å². The van der Waals surface area contributed by atoms with Crippen molar-refractivity contribution in [3.05, 3.63) is 54.1 Å². The number of anilines is 3. The molecule has 128 valence electrons. The minimum absolute atomic E-state index is 0.134. The van der Waals surface area contributed by atoms with Crippen LogP contribution in [0.3, 0.4) is 0 Å². The van der Waals surface area contributed by atoms with Gasteiger partial charge in [-0.1, -0.05) is 32.0 Å². The Hall–Kier alpha value is -2.50. The summed E-state index contributed by atoms with van der Waals surface area (Å²) in [5.74, 6) is -0.675. The van der Waals surface area contributed by atoms with Crippen molar-refractivity contribution in [1.29, 1.82) is 0 Å². The standard InChI is InChI=1S/C18H19F3N2O/c1-12(2)17(24)22-15-11-13(18(19,20)21)9-10-16(15)23(3)14-7-5-4-6-8-14/h4-12H,1-3H3,(H,22,24). The van der Waals surface area contributed by atoms with Crippen molar-refractivity contribution < 1.29 is 18.0 Å². The zero-order valence-electron chi connectivity index (χ0n) is 13.7. The summed E-state index contributed by atoms with van der Waals surface area (Å²) in [4.78, 5) is 13.7. The maximum atomic E-state index is 13.0. The van der Waals surface area contributed by atoms with Gasteiger partial charge in [0.05, 0.1) is 16.9 Å². The van der Waals surface area contributed by atoms with Crippen molar-refractivity contribution in [2.24, 2.45) is 5.92 Å². The first kappa shape index (κ1) is 17.8. The van der Waals surface area contributed by atoms with Crippen molar-refractivity contribution in [3.63, 3.8) is 0 Å². The molecule has 0 heterocycles. The fourth-order valence-electron chi connectivity index (χ4n) is 2.17. The van der Waals surface area contributed by atoms with E-state index in [1.165, 1.54) is 6.07 Å². The molecule has 0 spiro atoms. The molecule has 0 bridgehead atoms. The molecule has 2 aromatic rings. The zero-order valence-corrected chi connectivity index (χ0v) is 13.7. The molecule has 0 unspecified atom stereocenters. The van der Waals surface area contributed by atoms with Crippen LogP contribution in [0.4, 0.5) is 30.2 Å². The van der Waals surface area contributed by atoms with Crippen LogP contribution in [0.5, 0.6) is 0 Å². The van der Waals surface area contributed by atoms with E-state index < -0.39 is 11.7 Å². The second-order valence-electron chi connectivity index (χ2n) is 5.77. The highest BCUT2D eigenvalue weighted by atomic mass is 19.4. The Balaban J connectivity index is 2.47. The lowest BCUT2D eigenvalue weighted by Gasteiger charge is -2.24. The lowest BCUT2D eigenvalue weighted by atomic mass is 10.1. The van der Waals surface area contributed by atoms with Crippen molar-refractivity contribution >= 4 is 23.0 Å². The van der Waals surface area contributed by atoms with Gasteiger partial charge in [-0.25, -0.2) is 0 Å². The van der Waals surface area contributed by atoms with Gasteiger partial charge in [0.25, 0.3) is 0 Å². The summed E-state index contributed by atoms with van der Waals surface area (Å²) < 4.78 is 39.0. The number of para-hydroxylation sites is 1. The number of nitrogens with zero attached hydrogens (tertiary/aromatic N) is 1. The number of rotatable bonds is 4. The Bertz CT molecular complexity index is 712. The first-order valence-electron chi connectivity index (χ1n) is 7.51. The van der Waals surface area contributed by atoms with Gasteiger partial charge in [-0.15, -0.1) is 0 Å². The zero-order chi connectivity index (χ0) is 17.9. The van der Waals surface area contributed by atoms with Crippen molar-refractivity contribution in [2.45, 2.75) is 20.0 Å². The van der Waals surface area contributed by atoms with E-state index >= 15 is 0 Å². The van der Waals surface area contributed by atoms with E-state index in [0.29, 0.717) is 5.69 Å². The maximum Gasteiger partial charge on any atom is 0.416 e. The molecule has 0 aliphatic rings. The molecule has 24 heavy (non-hydrogen) atoms. The van der Waals surface area contributed by atoms with Crippen molar-refractivity contribution in [2.75, 3.05) is 17.3 Å². The molecule has 0 saturated heterocycles. The number of hydrogen-bond acceptors (Lipinski definition) is 2. The second-order valence-corrected chi connectivity index (χ2v) is 5.77. The molecule has 0 atom stereocenters. The predicted octanol–water partition coefficient (Wildman–Crippen LogP) is 5.07. The van der Waals surface area contributed by atoms with Crippen LogP contribution in [0.15, 0.2) is 48.5 Å². The average Bonchev–Trinajstić information content (AvgIpc) is 2.54. The topological polar surface area (TPSA) is 32.3 Å². The molecule has 2 aromatic carbocycles.